The molecule has 0 radical (unpaired) electrons. The molecule has 1 atom stereocenters. The molecule has 0 spiro atoms. The summed E-state index contributed by atoms with van der Waals surface area (Å²) in [5, 5.41) is 0.490. The van der Waals surface area contributed by atoms with Crippen LogP contribution in [0.1, 0.15) is 50.2 Å². The lowest BCUT2D eigenvalue weighted by Crippen LogP contribution is -2.38. The normalized spacial score (nSPS) is 13.0. The monoisotopic (exact) mass is 503 g/mol. The Hall–Kier alpha value is -3.29. The highest BCUT2D eigenvalue weighted by atomic mass is 32.2. The first-order valence-corrected chi connectivity index (χ1v) is 13.7. The quantitative estimate of drug-likeness (QED) is 0.305. The molecular formula is C29H33N3O3S. The summed E-state index contributed by atoms with van der Waals surface area (Å²) >= 11 is 0. The van der Waals surface area contributed by atoms with Gasteiger partial charge in [0.1, 0.15) is 5.82 Å². The van der Waals surface area contributed by atoms with Gasteiger partial charge in [-0.2, -0.15) is 4.31 Å². The summed E-state index contributed by atoms with van der Waals surface area (Å²) < 4.78 is 30.9. The molecule has 1 unspecified atom stereocenters. The molecule has 0 aliphatic heterocycles. The highest BCUT2D eigenvalue weighted by Gasteiger charge is 2.33. The van der Waals surface area contributed by atoms with Gasteiger partial charge in [-0.3, -0.25) is 9.36 Å². The van der Waals surface area contributed by atoms with E-state index in [1.807, 2.05) is 57.2 Å². The maximum Gasteiger partial charge on any atom is 0.266 e. The summed E-state index contributed by atoms with van der Waals surface area (Å²) in [6.45, 7) is 10.2. The molecular weight excluding hydrogens is 470 g/mol. The Morgan fingerprint density at radius 2 is 1.44 bits per heavy atom. The van der Waals surface area contributed by atoms with E-state index < -0.39 is 16.1 Å². The van der Waals surface area contributed by atoms with Crippen molar-refractivity contribution in [2.45, 2.75) is 52.0 Å². The zero-order chi connectivity index (χ0) is 26.0. The van der Waals surface area contributed by atoms with Gasteiger partial charge in [0.2, 0.25) is 10.0 Å². The van der Waals surface area contributed by atoms with E-state index in [4.69, 9.17) is 4.98 Å². The lowest BCUT2D eigenvalue weighted by Gasteiger charge is -2.30. The van der Waals surface area contributed by atoms with E-state index in [2.05, 4.69) is 13.8 Å². The minimum absolute atomic E-state index is 0.220. The van der Waals surface area contributed by atoms with Gasteiger partial charge in [-0.25, -0.2) is 13.4 Å². The number of rotatable bonds is 8. The van der Waals surface area contributed by atoms with E-state index in [0.717, 1.165) is 11.1 Å². The molecule has 1 aromatic heterocycles. The van der Waals surface area contributed by atoms with Gasteiger partial charge in [0.25, 0.3) is 5.56 Å². The van der Waals surface area contributed by atoms with Crippen molar-refractivity contribution >= 4 is 20.9 Å². The highest BCUT2D eigenvalue weighted by molar-refractivity contribution is 7.89. The maximum atomic E-state index is 13.9. The molecule has 0 aliphatic rings. The summed E-state index contributed by atoms with van der Waals surface area (Å²) in [6.07, 6.45) is 0.678. The Kier molecular flexibility index (Phi) is 7.43. The van der Waals surface area contributed by atoms with Gasteiger partial charge in [0, 0.05) is 6.54 Å². The first-order chi connectivity index (χ1) is 17.1. The summed E-state index contributed by atoms with van der Waals surface area (Å²) in [4.78, 5) is 18.8. The van der Waals surface area contributed by atoms with Crippen molar-refractivity contribution in [1.82, 2.24) is 13.9 Å². The van der Waals surface area contributed by atoms with Crippen LogP contribution in [-0.4, -0.2) is 28.8 Å². The van der Waals surface area contributed by atoms with Crippen molar-refractivity contribution in [3.05, 3.63) is 100 Å². The van der Waals surface area contributed by atoms with Crippen LogP contribution in [0.5, 0.6) is 0 Å². The number of sulfonamides is 1. The number of para-hydroxylation sites is 1. The predicted octanol–water partition coefficient (Wildman–Crippen LogP) is 5.80. The molecule has 0 saturated carbocycles. The van der Waals surface area contributed by atoms with Crippen molar-refractivity contribution < 1.29 is 8.42 Å². The molecule has 0 N–H and O–H groups in total. The van der Waals surface area contributed by atoms with Gasteiger partial charge in [-0.1, -0.05) is 61.4 Å². The molecule has 0 bridgehead atoms. The Balaban J connectivity index is 1.94. The third-order valence-electron chi connectivity index (χ3n) is 6.45. The van der Waals surface area contributed by atoms with Gasteiger partial charge in [0.15, 0.2) is 0 Å². The van der Waals surface area contributed by atoms with Crippen LogP contribution in [0.25, 0.3) is 16.6 Å². The first kappa shape index (κ1) is 25.8. The number of hydrogen-bond acceptors (Lipinski definition) is 4. The second kappa shape index (κ2) is 10.4. The third kappa shape index (κ3) is 5.13. The number of hydrogen-bond donors (Lipinski definition) is 0. The van der Waals surface area contributed by atoms with E-state index in [1.54, 1.807) is 41.0 Å². The summed E-state index contributed by atoms with van der Waals surface area (Å²) in [5.74, 6) is 0.693. The zero-order valence-electron chi connectivity index (χ0n) is 21.5. The molecule has 188 valence electrons. The summed E-state index contributed by atoms with van der Waals surface area (Å²) in [6, 6.07) is 21.0. The lowest BCUT2D eigenvalue weighted by molar-refractivity contribution is 0.308. The fraction of sp³-hybridized carbons (Fsp3) is 0.310. The van der Waals surface area contributed by atoms with Crippen molar-refractivity contribution in [3.63, 3.8) is 0 Å². The molecule has 6 nitrogen and oxygen atoms in total. The number of aromatic nitrogens is 2. The van der Waals surface area contributed by atoms with Gasteiger partial charge < -0.3 is 0 Å². The fourth-order valence-corrected chi connectivity index (χ4v) is 5.86. The van der Waals surface area contributed by atoms with Gasteiger partial charge in [-0.05, 0) is 69.5 Å². The molecule has 36 heavy (non-hydrogen) atoms. The van der Waals surface area contributed by atoms with E-state index in [9.17, 15) is 13.2 Å². The largest absolute Gasteiger partial charge is 0.268 e. The van der Waals surface area contributed by atoms with Crippen LogP contribution in [0.2, 0.25) is 0 Å². The standard InChI is InChI=1S/C29H33N3O3S/c1-20(2)18-19-31(36(34,35)25-16-12-22(4)13-17-25)23(5)28-30-27-9-7-6-8-26(27)29(33)32(28)24-14-10-21(3)11-15-24/h6-17,20,23H,18-19H2,1-5H3. The average Bonchev–Trinajstić information content (AvgIpc) is 2.84. The maximum absolute atomic E-state index is 13.9. The van der Waals surface area contributed by atoms with Crippen molar-refractivity contribution in [2.24, 2.45) is 5.92 Å². The summed E-state index contributed by atoms with van der Waals surface area (Å²) in [7, 11) is -3.85. The number of aryl methyl sites for hydroxylation is 2. The molecule has 4 rings (SSSR count). The lowest BCUT2D eigenvalue weighted by atomic mass is 10.1. The minimum atomic E-state index is -3.85. The van der Waals surface area contributed by atoms with Crippen LogP contribution in [0.4, 0.5) is 0 Å². The van der Waals surface area contributed by atoms with Gasteiger partial charge in [-0.15, -0.1) is 0 Å². The average molecular weight is 504 g/mol. The van der Waals surface area contributed by atoms with E-state index in [-0.39, 0.29) is 10.5 Å². The molecule has 0 aliphatic carbocycles. The van der Waals surface area contributed by atoms with E-state index >= 15 is 0 Å². The summed E-state index contributed by atoms with van der Waals surface area (Å²) in [5.41, 5.74) is 3.03. The van der Waals surface area contributed by atoms with Crippen molar-refractivity contribution in [2.75, 3.05) is 6.54 Å². The third-order valence-corrected chi connectivity index (χ3v) is 8.44. The van der Waals surface area contributed by atoms with Gasteiger partial charge >= 0.3 is 0 Å². The van der Waals surface area contributed by atoms with Crippen LogP contribution >= 0.6 is 0 Å². The second-order valence-corrected chi connectivity index (χ2v) is 11.6. The van der Waals surface area contributed by atoms with Crippen LogP contribution in [0.3, 0.4) is 0 Å². The molecule has 0 saturated heterocycles. The molecule has 3 aromatic carbocycles. The Bertz CT molecular complexity index is 1520. The molecule has 7 heteroatoms. The Labute approximate surface area is 213 Å². The van der Waals surface area contributed by atoms with Crippen molar-refractivity contribution in [1.29, 1.82) is 0 Å². The second-order valence-electron chi connectivity index (χ2n) is 9.75. The van der Waals surface area contributed by atoms with Gasteiger partial charge in [0.05, 0.1) is 27.5 Å². The fourth-order valence-electron chi connectivity index (χ4n) is 4.26. The number of fused-ring (bicyclic) bond motifs is 1. The van der Waals surface area contributed by atoms with Crippen molar-refractivity contribution in [3.8, 4) is 5.69 Å². The molecule has 4 aromatic rings. The Morgan fingerprint density at radius 1 is 0.861 bits per heavy atom. The van der Waals surface area contributed by atoms with Crippen LogP contribution in [0.15, 0.2) is 82.5 Å². The minimum Gasteiger partial charge on any atom is -0.268 e. The Morgan fingerprint density at radius 3 is 2.06 bits per heavy atom. The van der Waals surface area contributed by atoms with E-state index in [1.165, 1.54) is 4.31 Å². The number of benzene rings is 3. The first-order valence-electron chi connectivity index (χ1n) is 12.3. The molecule has 0 fully saturated rings. The SMILES string of the molecule is Cc1ccc(-n2c(C(C)N(CCC(C)C)S(=O)(=O)c3ccc(C)cc3)nc3ccccc3c2=O)cc1. The highest BCUT2D eigenvalue weighted by Crippen LogP contribution is 2.29. The van der Waals surface area contributed by atoms with E-state index in [0.29, 0.717) is 41.3 Å². The zero-order valence-corrected chi connectivity index (χ0v) is 22.3. The van der Waals surface area contributed by atoms with Crippen LogP contribution in [0, 0.1) is 19.8 Å². The molecule has 0 amide bonds. The molecule has 1 heterocycles. The topological polar surface area (TPSA) is 72.3 Å². The van der Waals surface area contributed by atoms with Crippen LogP contribution < -0.4 is 5.56 Å². The number of nitrogens with zero attached hydrogens (tertiary/aromatic N) is 3. The predicted molar refractivity (Wildman–Crippen MR) is 145 cm³/mol. The smallest absolute Gasteiger partial charge is 0.266 e. The van der Waals surface area contributed by atoms with Crippen LogP contribution in [-0.2, 0) is 10.0 Å².